The van der Waals surface area contributed by atoms with E-state index in [-0.39, 0.29) is 5.41 Å². The van der Waals surface area contributed by atoms with E-state index >= 15 is 0 Å². The van der Waals surface area contributed by atoms with Crippen molar-refractivity contribution in [2.45, 2.75) is 39.5 Å². The van der Waals surface area contributed by atoms with Gasteiger partial charge < -0.3 is 4.74 Å². The van der Waals surface area contributed by atoms with Crippen LogP contribution in [0.4, 0.5) is 0 Å². The standard InChI is InChI=1S/C14H19NO/c1-11-10-12(14(2,3)4)6-7-13(11)16-9-5-8-15/h6-7,10H,5,9H2,1-4H3. The second kappa shape index (κ2) is 5.03. The third kappa shape index (κ3) is 3.27. The molecule has 0 amide bonds. The maximum atomic E-state index is 8.43. The molecule has 2 heteroatoms. The lowest BCUT2D eigenvalue weighted by Crippen LogP contribution is -2.11. The molecule has 0 aliphatic carbocycles. The first-order valence-electron chi connectivity index (χ1n) is 5.56. The van der Waals surface area contributed by atoms with E-state index in [1.807, 2.05) is 13.0 Å². The molecule has 0 aliphatic rings. The second-order valence-electron chi connectivity index (χ2n) is 4.99. The lowest BCUT2D eigenvalue weighted by Gasteiger charge is -2.20. The van der Waals surface area contributed by atoms with Crippen LogP contribution < -0.4 is 4.74 Å². The smallest absolute Gasteiger partial charge is 0.122 e. The highest BCUT2D eigenvalue weighted by Gasteiger charge is 2.14. The van der Waals surface area contributed by atoms with Gasteiger partial charge in [0.1, 0.15) is 12.4 Å². The van der Waals surface area contributed by atoms with Gasteiger partial charge in [0.15, 0.2) is 0 Å². The SMILES string of the molecule is Cc1cc(C(C)(C)C)ccc1OCCC#N. The van der Waals surface area contributed by atoms with Gasteiger partial charge in [0, 0.05) is 0 Å². The zero-order chi connectivity index (χ0) is 12.2. The third-order valence-corrected chi connectivity index (χ3v) is 2.51. The highest BCUT2D eigenvalue weighted by Crippen LogP contribution is 2.27. The van der Waals surface area contributed by atoms with E-state index in [4.69, 9.17) is 10.00 Å². The van der Waals surface area contributed by atoms with Gasteiger partial charge in [0.2, 0.25) is 0 Å². The normalized spacial score (nSPS) is 10.9. The topological polar surface area (TPSA) is 33.0 Å². The highest BCUT2D eigenvalue weighted by molar-refractivity contribution is 5.38. The van der Waals surface area contributed by atoms with Crippen molar-refractivity contribution in [3.8, 4) is 11.8 Å². The monoisotopic (exact) mass is 217 g/mol. The zero-order valence-electron chi connectivity index (χ0n) is 10.5. The third-order valence-electron chi connectivity index (χ3n) is 2.51. The summed E-state index contributed by atoms with van der Waals surface area (Å²) >= 11 is 0. The molecule has 0 fully saturated rings. The molecule has 0 heterocycles. The number of hydrogen-bond acceptors (Lipinski definition) is 2. The van der Waals surface area contributed by atoms with Crippen molar-refractivity contribution in [1.82, 2.24) is 0 Å². The van der Waals surface area contributed by atoms with Gasteiger partial charge in [-0.3, -0.25) is 0 Å². The van der Waals surface area contributed by atoms with Crippen LogP contribution in [0.25, 0.3) is 0 Å². The summed E-state index contributed by atoms with van der Waals surface area (Å²) in [5.74, 6) is 0.878. The quantitative estimate of drug-likeness (QED) is 0.725. The summed E-state index contributed by atoms with van der Waals surface area (Å²) in [6, 6.07) is 8.31. The van der Waals surface area contributed by atoms with Crippen LogP contribution in [0, 0.1) is 18.3 Å². The van der Waals surface area contributed by atoms with Crippen molar-refractivity contribution in [1.29, 1.82) is 5.26 Å². The lowest BCUT2D eigenvalue weighted by molar-refractivity contribution is 0.324. The molecule has 0 aliphatic heterocycles. The molecular formula is C14H19NO. The van der Waals surface area contributed by atoms with E-state index in [0.717, 1.165) is 11.3 Å². The Labute approximate surface area is 97.9 Å². The van der Waals surface area contributed by atoms with Crippen molar-refractivity contribution in [2.24, 2.45) is 0 Å². The average molecular weight is 217 g/mol. The molecule has 0 spiro atoms. The van der Waals surface area contributed by atoms with Gasteiger partial charge in [-0.25, -0.2) is 0 Å². The molecule has 1 aromatic rings. The van der Waals surface area contributed by atoms with Crippen LogP contribution in [0.3, 0.4) is 0 Å². The Morgan fingerprint density at radius 3 is 2.50 bits per heavy atom. The van der Waals surface area contributed by atoms with E-state index in [1.165, 1.54) is 5.56 Å². The lowest BCUT2D eigenvalue weighted by atomic mass is 9.86. The fourth-order valence-corrected chi connectivity index (χ4v) is 1.48. The number of nitriles is 1. The minimum atomic E-state index is 0.163. The second-order valence-corrected chi connectivity index (χ2v) is 4.99. The summed E-state index contributed by atoms with van der Waals surface area (Å²) in [5.41, 5.74) is 2.60. The van der Waals surface area contributed by atoms with Gasteiger partial charge in [-0.05, 0) is 29.5 Å². The molecule has 2 nitrogen and oxygen atoms in total. The van der Waals surface area contributed by atoms with Crippen LogP contribution in [-0.4, -0.2) is 6.61 Å². The molecule has 16 heavy (non-hydrogen) atoms. The summed E-state index contributed by atoms with van der Waals surface area (Å²) in [7, 11) is 0. The summed E-state index contributed by atoms with van der Waals surface area (Å²) in [6.45, 7) is 9.08. The molecule has 1 aromatic carbocycles. The van der Waals surface area contributed by atoms with E-state index in [2.05, 4.69) is 39.0 Å². The first-order valence-corrected chi connectivity index (χ1v) is 5.56. The number of rotatable bonds is 3. The molecule has 0 N–H and O–H groups in total. The first-order chi connectivity index (χ1) is 7.45. The van der Waals surface area contributed by atoms with Crippen molar-refractivity contribution in [3.63, 3.8) is 0 Å². The molecule has 86 valence electrons. The minimum Gasteiger partial charge on any atom is -0.492 e. The van der Waals surface area contributed by atoms with Crippen molar-refractivity contribution < 1.29 is 4.74 Å². The Morgan fingerprint density at radius 1 is 1.31 bits per heavy atom. The molecule has 0 saturated heterocycles. The fourth-order valence-electron chi connectivity index (χ4n) is 1.48. The maximum absolute atomic E-state index is 8.43. The zero-order valence-corrected chi connectivity index (χ0v) is 10.5. The van der Waals surface area contributed by atoms with Gasteiger partial charge in [-0.15, -0.1) is 0 Å². The van der Waals surface area contributed by atoms with Gasteiger partial charge in [-0.2, -0.15) is 5.26 Å². The Bertz CT molecular complexity index is 396. The fraction of sp³-hybridized carbons (Fsp3) is 0.500. The average Bonchev–Trinajstić information content (AvgIpc) is 2.19. The van der Waals surface area contributed by atoms with E-state index < -0.39 is 0 Å². The van der Waals surface area contributed by atoms with E-state index in [9.17, 15) is 0 Å². The van der Waals surface area contributed by atoms with Crippen molar-refractivity contribution >= 4 is 0 Å². The number of nitrogens with zero attached hydrogens (tertiary/aromatic N) is 1. The predicted octanol–water partition coefficient (Wildman–Crippen LogP) is 3.59. The summed E-state index contributed by atoms with van der Waals surface area (Å²) in [5, 5.41) is 8.43. The maximum Gasteiger partial charge on any atom is 0.122 e. The Balaban J connectivity index is 2.80. The van der Waals surface area contributed by atoms with Crippen LogP contribution >= 0.6 is 0 Å². The minimum absolute atomic E-state index is 0.163. The van der Waals surface area contributed by atoms with Gasteiger partial charge in [0.05, 0.1) is 12.5 Å². The van der Waals surface area contributed by atoms with Crippen LogP contribution in [0.2, 0.25) is 0 Å². The molecule has 0 unspecified atom stereocenters. The number of benzene rings is 1. The number of hydrogen-bond donors (Lipinski definition) is 0. The molecule has 0 bridgehead atoms. The number of aryl methyl sites for hydroxylation is 1. The molecule has 0 saturated carbocycles. The van der Waals surface area contributed by atoms with Gasteiger partial charge >= 0.3 is 0 Å². The van der Waals surface area contributed by atoms with Gasteiger partial charge in [0.25, 0.3) is 0 Å². The van der Waals surface area contributed by atoms with Crippen molar-refractivity contribution in [2.75, 3.05) is 6.61 Å². The van der Waals surface area contributed by atoms with Gasteiger partial charge in [-0.1, -0.05) is 32.9 Å². The van der Waals surface area contributed by atoms with Crippen LogP contribution in [-0.2, 0) is 5.41 Å². The van der Waals surface area contributed by atoms with E-state index in [1.54, 1.807) is 0 Å². The highest BCUT2D eigenvalue weighted by atomic mass is 16.5. The first kappa shape index (κ1) is 12.6. The van der Waals surface area contributed by atoms with Crippen molar-refractivity contribution in [3.05, 3.63) is 29.3 Å². The molecule has 0 atom stereocenters. The molecule has 0 aromatic heterocycles. The molecule has 1 rings (SSSR count). The predicted molar refractivity (Wildman–Crippen MR) is 65.6 cm³/mol. The van der Waals surface area contributed by atoms with Crippen LogP contribution in [0.15, 0.2) is 18.2 Å². The summed E-state index contributed by atoms with van der Waals surface area (Å²) in [4.78, 5) is 0. The largest absolute Gasteiger partial charge is 0.492 e. The van der Waals surface area contributed by atoms with Crippen LogP contribution in [0.1, 0.15) is 38.3 Å². The summed E-state index contributed by atoms with van der Waals surface area (Å²) in [6.07, 6.45) is 0.431. The Kier molecular flexibility index (Phi) is 3.95. The number of ether oxygens (including phenoxy) is 1. The summed E-state index contributed by atoms with van der Waals surface area (Å²) < 4.78 is 5.52. The Morgan fingerprint density at radius 2 is 2.00 bits per heavy atom. The molecular weight excluding hydrogens is 198 g/mol. The van der Waals surface area contributed by atoms with Crippen LogP contribution in [0.5, 0.6) is 5.75 Å². The molecule has 0 radical (unpaired) electrons. The van der Waals surface area contributed by atoms with E-state index in [0.29, 0.717) is 13.0 Å². The Hall–Kier alpha value is -1.49.